The minimum atomic E-state index is -1.88. The van der Waals surface area contributed by atoms with Crippen LogP contribution in [0.3, 0.4) is 0 Å². The normalized spacial score (nSPS) is 19.2. The molecule has 5 nitrogen and oxygen atoms in total. The van der Waals surface area contributed by atoms with Gasteiger partial charge in [0.2, 0.25) is 0 Å². The molecule has 0 spiro atoms. The van der Waals surface area contributed by atoms with Gasteiger partial charge in [-0.3, -0.25) is 0 Å². The fraction of sp³-hybridized carbons (Fsp3) is 0.143. The molecule has 0 aliphatic heterocycles. The van der Waals surface area contributed by atoms with Crippen molar-refractivity contribution in [1.82, 2.24) is 0 Å². The molecule has 0 bridgehead atoms. The van der Waals surface area contributed by atoms with Crippen LogP contribution < -0.4 is 0 Å². The highest BCUT2D eigenvalue weighted by Crippen LogP contribution is 2.11. The van der Waals surface area contributed by atoms with Crippen molar-refractivity contribution in [2.75, 3.05) is 0 Å². The highest BCUT2D eigenvalue weighted by Gasteiger charge is 2.19. The topological polar surface area (TPSA) is 98.3 Å². The molecule has 1 aliphatic carbocycles. The first-order valence-corrected chi connectivity index (χ1v) is 3.35. The second kappa shape index (κ2) is 5.48. The monoisotopic (exact) mass is 184 g/mol. The van der Waals surface area contributed by atoms with Gasteiger partial charge in [0.15, 0.2) is 0 Å². The average molecular weight is 184 g/mol. The zero-order valence-corrected chi connectivity index (χ0v) is 6.68. The van der Waals surface area contributed by atoms with Crippen LogP contribution in [0.2, 0.25) is 0 Å². The summed E-state index contributed by atoms with van der Waals surface area (Å²) >= 11 is 0. The van der Waals surface area contributed by atoms with E-state index in [-0.39, 0.29) is 11.0 Å². The summed E-state index contributed by atoms with van der Waals surface area (Å²) in [5, 5.41) is 16.9. The van der Waals surface area contributed by atoms with E-state index in [2.05, 4.69) is 4.65 Å². The number of hydrogen-bond donors (Lipinski definition) is 2. The van der Waals surface area contributed by atoms with Crippen LogP contribution >= 0.6 is 0 Å². The summed E-state index contributed by atoms with van der Waals surface area (Å²) in [4.78, 5) is 10.3. The van der Waals surface area contributed by atoms with Crippen LogP contribution in [-0.4, -0.2) is 34.9 Å². The van der Waals surface area contributed by atoms with Gasteiger partial charge in [-0.15, -0.1) is 0 Å². The van der Waals surface area contributed by atoms with E-state index in [1.807, 2.05) is 0 Å². The molecule has 0 radical (unpaired) electrons. The first kappa shape index (κ1) is 11.8. The number of carbonyl (C=O) groups excluding carboxylic acids is 1. The third-order valence-electron chi connectivity index (χ3n) is 1.37. The molecule has 0 saturated carbocycles. The minimum Gasteiger partial charge on any atom is -0.412 e. The molecule has 1 rings (SSSR count). The van der Waals surface area contributed by atoms with Gasteiger partial charge >= 0.3 is 7.32 Å². The van der Waals surface area contributed by atoms with Gasteiger partial charge in [0, 0.05) is 0 Å². The van der Waals surface area contributed by atoms with Gasteiger partial charge in [0.05, 0.1) is 11.7 Å². The van der Waals surface area contributed by atoms with E-state index in [1.165, 1.54) is 12.2 Å². The van der Waals surface area contributed by atoms with Gasteiger partial charge in [-0.25, -0.2) is 4.79 Å². The molecule has 1 aliphatic rings. The Balaban J connectivity index is 0.00000144. The molecule has 0 heterocycles. The van der Waals surface area contributed by atoms with E-state index in [4.69, 9.17) is 10.0 Å². The van der Waals surface area contributed by atoms with Gasteiger partial charge in [0.25, 0.3) is 0 Å². The van der Waals surface area contributed by atoms with E-state index >= 15 is 0 Å². The Bertz CT molecular complexity index is 264. The Hall–Kier alpha value is -1.17. The summed E-state index contributed by atoms with van der Waals surface area (Å²) in [6.07, 6.45) is 5.60. The van der Waals surface area contributed by atoms with Crippen molar-refractivity contribution >= 4 is 13.3 Å². The van der Waals surface area contributed by atoms with Crippen molar-refractivity contribution in [3.8, 4) is 0 Å². The Morgan fingerprint density at radius 1 is 1.46 bits per heavy atom. The van der Waals surface area contributed by atoms with Gasteiger partial charge < -0.3 is 20.2 Å². The van der Waals surface area contributed by atoms with Crippen LogP contribution in [-0.2, 0) is 9.45 Å². The standard InChI is InChI=1S/C7H7BO4.H2O/c9-5-6-3-1-2-4-7(6)12-8(10)11;/h1-4,7,10-11H;1H2. The first-order chi connectivity index (χ1) is 5.74. The second-order valence-corrected chi connectivity index (χ2v) is 2.18. The molecule has 0 saturated heterocycles. The SMILES string of the molecule is O.O=C=C1C=CC=CC1OB(O)O. The third kappa shape index (κ3) is 3.37. The maximum atomic E-state index is 10.3. The van der Waals surface area contributed by atoms with E-state index in [0.29, 0.717) is 0 Å². The van der Waals surface area contributed by atoms with Crippen LogP contribution in [0, 0.1) is 0 Å². The Labute approximate surface area is 75.1 Å². The fourth-order valence-corrected chi connectivity index (χ4v) is 0.865. The van der Waals surface area contributed by atoms with Crippen molar-refractivity contribution in [1.29, 1.82) is 0 Å². The maximum Gasteiger partial charge on any atom is 0.634 e. The van der Waals surface area contributed by atoms with Crippen molar-refractivity contribution in [3.05, 3.63) is 29.9 Å². The predicted molar refractivity (Wildman–Crippen MR) is 46.2 cm³/mol. The van der Waals surface area contributed by atoms with Crippen LogP contribution in [0.15, 0.2) is 29.9 Å². The predicted octanol–water partition coefficient (Wildman–Crippen LogP) is -1.60. The molecule has 0 aromatic rings. The highest BCUT2D eigenvalue weighted by atomic mass is 16.6. The molecule has 70 valence electrons. The number of hydrogen-bond acceptors (Lipinski definition) is 4. The van der Waals surface area contributed by atoms with Crippen molar-refractivity contribution < 1.29 is 25.0 Å². The van der Waals surface area contributed by atoms with Gasteiger partial charge in [-0.2, -0.15) is 0 Å². The summed E-state index contributed by atoms with van der Waals surface area (Å²) in [6.45, 7) is 0. The molecule has 13 heavy (non-hydrogen) atoms. The van der Waals surface area contributed by atoms with Gasteiger partial charge in [-0.05, 0) is 6.08 Å². The molecular weight excluding hydrogens is 175 g/mol. The molecular formula is C7H9BO5. The van der Waals surface area contributed by atoms with E-state index < -0.39 is 13.4 Å². The minimum absolute atomic E-state index is 0. The van der Waals surface area contributed by atoms with E-state index in [0.717, 1.165) is 0 Å². The van der Waals surface area contributed by atoms with Crippen LogP contribution in [0.25, 0.3) is 0 Å². The first-order valence-electron chi connectivity index (χ1n) is 3.35. The summed E-state index contributed by atoms with van der Waals surface area (Å²) in [7, 11) is -1.88. The molecule has 1 atom stereocenters. The summed E-state index contributed by atoms with van der Waals surface area (Å²) < 4.78 is 4.57. The van der Waals surface area contributed by atoms with Gasteiger partial charge in [0.1, 0.15) is 5.94 Å². The van der Waals surface area contributed by atoms with E-state index in [1.54, 1.807) is 18.1 Å². The number of rotatable bonds is 2. The molecule has 0 amide bonds. The maximum absolute atomic E-state index is 10.3. The summed E-state index contributed by atoms with van der Waals surface area (Å²) in [5.41, 5.74) is 0.241. The smallest absolute Gasteiger partial charge is 0.412 e. The molecule has 0 aromatic carbocycles. The number of allylic oxidation sites excluding steroid dienone is 2. The molecule has 6 heteroatoms. The lowest BCUT2D eigenvalue weighted by molar-refractivity contribution is 0.168. The van der Waals surface area contributed by atoms with Crippen LogP contribution in [0.5, 0.6) is 0 Å². The zero-order chi connectivity index (χ0) is 8.97. The molecule has 0 fully saturated rings. The van der Waals surface area contributed by atoms with Crippen molar-refractivity contribution in [2.24, 2.45) is 0 Å². The quantitative estimate of drug-likeness (QED) is 0.398. The fourth-order valence-electron chi connectivity index (χ4n) is 0.865. The molecule has 1 unspecified atom stereocenters. The lowest BCUT2D eigenvalue weighted by atomic mass is 10.0. The van der Waals surface area contributed by atoms with Crippen molar-refractivity contribution in [3.63, 3.8) is 0 Å². The second-order valence-electron chi connectivity index (χ2n) is 2.18. The Morgan fingerprint density at radius 3 is 2.69 bits per heavy atom. The van der Waals surface area contributed by atoms with Crippen LogP contribution in [0.4, 0.5) is 0 Å². The molecule has 4 N–H and O–H groups in total. The lowest BCUT2D eigenvalue weighted by Crippen LogP contribution is -2.26. The summed E-state index contributed by atoms with van der Waals surface area (Å²) in [6, 6.07) is 0. The molecule has 0 aromatic heterocycles. The summed E-state index contributed by atoms with van der Waals surface area (Å²) in [5.74, 6) is 1.64. The largest absolute Gasteiger partial charge is 0.634 e. The zero-order valence-electron chi connectivity index (χ0n) is 6.68. The third-order valence-corrected chi connectivity index (χ3v) is 1.37. The van der Waals surface area contributed by atoms with Crippen molar-refractivity contribution in [2.45, 2.75) is 6.10 Å². The van der Waals surface area contributed by atoms with Crippen LogP contribution in [0.1, 0.15) is 0 Å². The lowest BCUT2D eigenvalue weighted by Gasteiger charge is -2.13. The average Bonchev–Trinajstić information content (AvgIpc) is 2.04. The van der Waals surface area contributed by atoms with E-state index in [9.17, 15) is 4.79 Å². The Morgan fingerprint density at radius 2 is 2.15 bits per heavy atom. The Kier molecular flexibility index (Phi) is 4.98. The van der Waals surface area contributed by atoms with Gasteiger partial charge in [-0.1, -0.05) is 18.2 Å². The highest BCUT2D eigenvalue weighted by molar-refractivity contribution is 6.32.